The number of nitrogens with one attached hydrogen (secondary N) is 1. The van der Waals surface area contributed by atoms with Crippen LogP contribution in [0.5, 0.6) is 0 Å². The van der Waals surface area contributed by atoms with E-state index in [4.69, 9.17) is 0 Å². The van der Waals surface area contributed by atoms with Gasteiger partial charge in [0.25, 0.3) is 11.5 Å². The molecule has 4 aromatic rings. The molecule has 1 N–H and O–H groups in total. The Labute approximate surface area is 157 Å². The molecule has 6 heteroatoms. The second kappa shape index (κ2) is 6.72. The molecule has 0 unspecified atom stereocenters. The second-order valence-electron chi connectivity index (χ2n) is 5.92. The highest BCUT2D eigenvalue weighted by atomic mass is 79.9. The highest BCUT2D eigenvalue weighted by Crippen LogP contribution is 2.15. The predicted molar refractivity (Wildman–Crippen MR) is 104 cm³/mol. The molecule has 0 saturated heterocycles. The first-order valence-corrected chi connectivity index (χ1v) is 8.84. The van der Waals surface area contributed by atoms with Crippen LogP contribution in [0.3, 0.4) is 0 Å². The summed E-state index contributed by atoms with van der Waals surface area (Å²) in [6.45, 7) is 0.338. The summed E-state index contributed by atoms with van der Waals surface area (Å²) in [5.41, 5.74) is 1.08. The largest absolute Gasteiger partial charge is 0.348 e. The van der Waals surface area contributed by atoms with Crippen LogP contribution >= 0.6 is 15.9 Å². The van der Waals surface area contributed by atoms with Gasteiger partial charge in [0, 0.05) is 23.4 Å². The summed E-state index contributed by atoms with van der Waals surface area (Å²) in [7, 11) is 0. The molecular weight excluding hydrogens is 394 g/mol. The van der Waals surface area contributed by atoms with E-state index < -0.39 is 11.5 Å². The van der Waals surface area contributed by atoms with E-state index in [9.17, 15) is 9.59 Å². The minimum atomic E-state index is -0.440. The number of benzene rings is 2. The molecule has 1 amide bonds. The van der Waals surface area contributed by atoms with E-state index in [1.165, 1.54) is 10.6 Å². The Morgan fingerprint density at radius 2 is 1.88 bits per heavy atom. The molecule has 0 aliphatic carbocycles. The first-order chi connectivity index (χ1) is 12.6. The van der Waals surface area contributed by atoms with E-state index in [-0.39, 0.29) is 5.56 Å². The molecule has 0 aliphatic rings. The van der Waals surface area contributed by atoms with Gasteiger partial charge in [0.15, 0.2) is 0 Å². The van der Waals surface area contributed by atoms with Crippen molar-refractivity contribution in [3.63, 3.8) is 0 Å². The molecule has 0 fully saturated rings. The predicted octanol–water partition coefficient (Wildman–Crippen LogP) is 3.54. The Hall–Kier alpha value is -2.99. The molecule has 2 aromatic heterocycles. The zero-order valence-corrected chi connectivity index (χ0v) is 15.2. The normalized spacial score (nSPS) is 11.0. The summed E-state index contributed by atoms with van der Waals surface area (Å²) in [6.07, 6.45) is 2.92. The molecule has 4 rings (SSSR count). The number of fused-ring (bicyclic) bond motifs is 2. The standard InChI is InChI=1S/C20H14BrN3O2/c21-16-7-8-18-22-11-17(20(26)24(18)12-16)19(25)23-10-13-5-6-14-3-1-2-4-15(14)9-13/h1-9,11-12H,10H2,(H,23,25). The van der Waals surface area contributed by atoms with Gasteiger partial charge in [0.1, 0.15) is 11.2 Å². The number of carbonyl (C=O) groups excluding carboxylic acids is 1. The van der Waals surface area contributed by atoms with Crippen LogP contribution in [0, 0.1) is 0 Å². The summed E-state index contributed by atoms with van der Waals surface area (Å²) in [5, 5.41) is 5.05. The van der Waals surface area contributed by atoms with Crippen LogP contribution in [0.1, 0.15) is 15.9 Å². The Balaban J connectivity index is 1.58. The third-order valence-corrected chi connectivity index (χ3v) is 4.65. The topological polar surface area (TPSA) is 63.5 Å². The number of carbonyl (C=O) groups is 1. The molecule has 0 radical (unpaired) electrons. The minimum Gasteiger partial charge on any atom is -0.348 e. The SMILES string of the molecule is O=C(NCc1ccc2ccccc2c1)c1cnc2ccc(Br)cn2c1=O. The number of nitrogens with zero attached hydrogens (tertiary/aromatic N) is 2. The molecule has 26 heavy (non-hydrogen) atoms. The van der Waals surface area contributed by atoms with Gasteiger partial charge in [-0.25, -0.2) is 4.98 Å². The van der Waals surface area contributed by atoms with Gasteiger partial charge in [0.2, 0.25) is 0 Å². The molecule has 0 aliphatic heterocycles. The number of aromatic nitrogens is 2. The summed E-state index contributed by atoms with van der Waals surface area (Å²) in [4.78, 5) is 29.2. The van der Waals surface area contributed by atoms with Crippen LogP contribution in [0.2, 0.25) is 0 Å². The number of halogens is 1. The van der Waals surface area contributed by atoms with Crippen molar-refractivity contribution in [3.8, 4) is 0 Å². The monoisotopic (exact) mass is 407 g/mol. The first-order valence-electron chi connectivity index (χ1n) is 8.04. The van der Waals surface area contributed by atoms with Crippen molar-refractivity contribution in [1.29, 1.82) is 0 Å². The summed E-state index contributed by atoms with van der Waals surface area (Å²) in [6, 6.07) is 17.5. The van der Waals surface area contributed by atoms with Crippen molar-refractivity contribution in [1.82, 2.24) is 14.7 Å². The smallest absolute Gasteiger partial charge is 0.270 e. The third-order valence-electron chi connectivity index (χ3n) is 4.18. The maximum absolute atomic E-state index is 12.5. The van der Waals surface area contributed by atoms with Crippen molar-refractivity contribution < 1.29 is 4.79 Å². The molecule has 2 aromatic carbocycles. The van der Waals surface area contributed by atoms with Crippen LogP contribution in [0.25, 0.3) is 16.4 Å². The fourth-order valence-electron chi connectivity index (χ4n) is 2.83. The zero-order valence-electron chi connectivity index (χ0n) is 13.6. The van der Waals surface area contributed by atoms with Gasteiger partial charge < -0.3 is 5.32 Å². The van der Waals surface area contributed by atoms with Crippen molar-refractivity contribution in [2.24, 2.45) is 0 Å². The maximum atomic E-state index is 12.5. The van der Waals surface area contributed by atoms with Gasteiger partial charge >= 0.3 is 0 Å². The number of hydrogen-bond donors (Lipinski definition) is 1. The number of amides is 1. The first kappa shape index (κ1) is 16.5. The fraction of sp³-hybridized carbons (Fsp3) is 0.0500. The van der Waals surface area contributed by atoms with E-state index >= 15 is 0 Å². The Bertz CT molecular complexity index is 1200. The van der Waals surface area contributed by atoms with Crippen LogP contribution in [0.4, 0.5) is 0 Å². The van der Waals surface area contributed by atoms with Gasteiger partial charge in [-0.15, -0.1) is 0 Å². The molecule has 0 spiro atoms. The lowest BCUT2D eigenvalue weighted by atomic mass is 10.1. The summed E-state index contributed by atoms with van der Waals surface area (Å²) < 4.78 is 2.09. The molecule has 0 bridgehead atoms. The quantitative estimate of drug-likeness (QED) is 0.564. The minimum absolute atomic E-state index is 0.0152. The lowest BCUT2D eigenvalue weighted by molar-refractivity contribution is 0.0949. The van der Waals surface area contributed by atoms with Gasteiger partial charge in [-0.3, -0.25) is 14.0 Å². The van der Waals surface area contributed by atoms with Crippen molar-refractivity contribution in [3.05, 3.63) is 92.9 Å². The molecule has 5 nitrogen and oxygen atoms in total. The van der Waals surface area contributed by atoms with Crippen LogP contribution in [0.15, 0.2) is 76.3 Å². The average molecular weight is 408 g/mol. The molecule has 0 saturated carbocycles. The van der Waals surface area contributed by atoms with E-state index in [2.05, 4.69) is 26.2 Å². The van der Waals surface area contributed by atoms with Gasteiger partial charge in [-0.2, -0.15) is 0 Å². The van der Waals surface area contributed by atoms with E-state index in [1.807, 2.05) is 42.5 Å². The Morgan fingerprint density at radius 3 is 2.73 bits per heavy atom. The van der Waals surface area contributed by atoms with Crippen LogP contribution < -0.4 is 10.9 Å². The Kier molecular flexibility index (Phi) is 4.26. The lowest BCUT2D eigenvalue weighted by Gasteiger charge is -2.07. The third kappa shape index (κ3) is 3.11. The van der Waals surface area contributed by atoms with E-state index in [0.29, 0.717) is 12.2 Å². The highest BCUT2D eigenvalue weighted by Gasteiger charge is 2.13. The highest BCUT2D eigenvalue weighted by molar-refractivity contribution is 9.10. The maximum Gasteiger partial charge on any atom is 0.270 e. The summed E-state index contributed by atoms with van der Waals surface area (Å²) >= 11 is 3.32. The van der Waals surface area contributed by atoms with E-state index in [0.717, 1.165) is 20.8 Å². The zero-order chi connectivity index (χ0) is 18.1. The number of pyridine rings is 1. The Morgan fingerprint density at radius 1 is 1.08 bits per heavy atom. The van der Waals surface area contributed by atoms with Crippen molar-refractivity contribution >= 4 is 38.3 Å². The fourth-order valence-corrected chi connectivity index (χ4v) is 3.17. The number of rotatable bonds is 3. The second-order valence-corrected chi connectivity index (χ2v) is 6.83. The van der Waals surface area contributed by atoms with E-state index in [1.54, 1.807) is 18.3 Å². The van der Waals surface area contributed by atoms with Crippen LogP contribution in [-0.4, -0.2) is 15.3 Å². The molecule has 2 heterocycles. The molecule has 0 atom stereocenters. The van der Waals surface area contributed by atoms with Crippen molar-refractivity contribution in [2.75, 3.05) is 0 Å². The van der Waals surface area contributed by atoms with Crippen LogP contribution in [-0.2, 0) is 6.54 Å². The van der Waals surface area contributed by atoms with Gasteiger partial charge in [-0.05, 0) is 50.5 Å². The molecular formula is C20H14BrN3O2. The summed E-state index contributed by atoms with van der Waals surface area (Å²) in [5.74, 6) is -0.440. The average Bonchev–Trinajstić information content (AvgIpc) is 2.66. The number of hydrogen-bond acceptors (Lipinski definition) is 3. The molecule has 128 valence electrons. The lowest BCUT2D eigenvalue weighted by Crippen LogP contribution is -2.31. The van der Waals surface area contributed by atoms with Gasteiger partial charge in [-0.1, -0.05) is 36.4 Å². The van der Waals surface area contributed by atoms with Gasteiger partial charge in [0.05, 0.1) is 0 Å². The van der Waals surface area contributed by atoms with Crippen molar-refractivity contribution in [2.45, 2.75) is 6.54 Å².